The zero-order chi connectivity index (χ0) is 9.84. The topological polar surface area (TPSA) is 32.3 Å². The summed E-state index contributed by atoms with van der Waals surface area (Å²) in [6.45, 7) is 1.90. The highest BCUT2D eigenvalue weighted by molar-refractivity contribution is 7.99. The van der Waals surface area contributed by atoms with Crippen molar-refractivity contribution in [3.63, 3.8) is 0 Å². The molecule has 4 heteroatoms. The molecule has 0 spiro atoms. The van der Waals surface area contributed by atoms with E-state index in [2.05, 4.69) is 5.32 Å². The summed E-state index contributed by atoms with van der Waals surface area (Å²) in [7, 11) is 3.73. The van der Waals surface area contributed by atoms with Crippen LogP contribution in [-0.4, -0.2) is 48.5 Å². The first-order valence-electron chi connectivity index (χ1n) is 4.68. The molecule has 1 fully saturated rings. The van der Waals surface area contributed by atoms with Crippen LogP contribution in [0.5, 0.6) is 0 Å². The second-order valence-corrected chi connectivity index (χ2v) is 4.63. The van der Waals surface area contributed by atoms with E-state index in [1.807, 2.05) is 37.7 Å². The van der Waals surface area contributed by atoms with Gasteiger partial charge in [-0.15, -0.1) is 0 Å². The van der Waals surface area contributed by atoms with Gasteiger partial charge >= 0.3 is 0 Å². The molecule has 0 aromatic carbocycles. The molecule has 1 amide bonds. The van der Waals surface area contributed by atoms with Crippen LogP contribution in [0.25, 0.3) is 0 Å². The van der Waals surface area contributed by atoms with Crippen molar-refractivity contribution in [1.82, 2.24) is 10.2 Å². The Kier molecular flexibility index (Phi) is 4.06. The summed E-state index contributed by atoms with van der Waals surface area (Å²) in [6.07, 6.45) is 1.14. The summed E-state index contributed by atoms with van der Waals surface area (Å²) >= 11 is 1.93. The third-order valence-corrected chi connectivity index (χ3v) is 3.75. The van der Waals surface area contributed by atoms with Crippen LogP contribution in [0.1, 0.15) is 13.3 Å². The Hall–Kier alpha value is -0.220. The fraction of sp³-hybridized carbons (Fsp3) is 0.889. The Bertz CT molecular complexity index is 180. The zero-order valence-corrected chi connectivity index (χ0v) is 9.36. The second kappa shape index (κ2) is 4.86. The lowest BCUT2D eigenvalue weighted by Gasteiger charge is -2.26. The molecule has 1 N–H and O–H groups in total. The van der Waals surface area contributed by atoms with Crippen molar-refractivity contribution in [3.8, 4) is 0 Å². The maximum atomic E-state index is 11.7. The molecule has 0 aliphatic carbocycles. The van der Waals surface area contributed by atoms with Crippen molar-refractivity contribution in [1.29, 1.82) is 0 Å². The lowest BCUT2D eigenvalue weighted by molar-refractivity contribution is -0.133. The van der Waals surface area contributed by atoms with Crippen LogP contribution >= 0.6 is 11.8 Å². The molecule has 0 aromatic heterocycles. The molecule has 1 saturated heterocycles. The van der Waals surface area contributed by atoms with Crippen LogP contribution in [-0.2, 0) is 4.79 Å². The van der Waals surface area contributed by atoms with Crippen molar-refractivity contribution in [2.24, 2.45) is 0 Å². The van der Waals surface area contributed by atoms with Gasteiger partial charge in [-0.1, -0.05) is 0 Å². The minimum Gasteiger partial charge on any atom is -0.341 e. The number of nitrogens with zero attached hydrogens (tertiary/aromatic N) is 1. The van der Waals surface area contributed by atoms with E-state index in [1.54, 1.807) is 0 Å². The van der Waals surface area contributed by atoms with E-state index in [0.717, 1.165) is 12.2 Å². The lowest BCUT2D eigenvalue weighted by atomic mass is 10.2. The molecule has 1 rings (SSSR count). The highest BCUT2D eigenvalue weighted by Gasteiger charge is 2.25. The van der Waals surface area contributed by atoms with Gasteiger partial charge in [0.2, 0.25) is 5.91 Å². The highest BCUT2D eigenvalue weighted by atomic mass is 32.2. The number of thioether (sulfide) groups is 1. The molecular formula is C9H18N2OS. The average molecular weight is 202 g/mol. The van der Waals surface area contributed by atoms with Gasteiger partial charge < -0.3 is 10.2 Å². The SMILES string of the molecule is CNC(C)C(=O)N(C)C1CCSC1. The van der Waals surface area contributed by atoms with E-state index in [9.17, 15) is 4.79 Å². The molecule has 1 aliphatic heterocycles. The molecule has 0 bridgehead atoms. The molecule has 1 heterocycles. The molecule has 0 aromatic rings. The maximum absolute atomic E-state index is 11.7. The Morgan fingerprint density at radius 1 is 1.69 bits per heavy atom. The fourth-order valence-corrected chi connectivity index (χ4v) is 2.70. The highest BCUT2D eigenvalue weighted by Crippen LogP contribution is 2.21. The van der Waals surface area contributed by atoms with E-state index >= 15 is 0 Å². The number of hydrogen-bond acceptors (Lipinski definition) is 3. The number of carbonyl (C=O) groups is 1. The van der Waals surface area contributed by atoms with Gasteiger partial charge in [-0.3, -0.25) is 4.79 Å². The Labute approximate surface area is 84.2 Å². The minimum absolute atomic E-state index is 0.0596. The first-order valence-corrected chi connectivity index (χ1v) is 5.84. The third kappa shape index (κ3) is 2.61. The smallest absolute Gasteiger partial charge is 0.239 e. The first kappa shape index (κ1) is 10.9. The van der Waals surface area contributed by atoms with Crippen molar-refractivity contribution in [2.75, 3.05) is 25.6 Å². The fourth-order valence-electron chi connectivity index (χ4n) is 1.44. The van der Waals surface area contributed by atoms with E-state index < -0.39 is 0 Å². The van der Waals surface area contributed by atoms with E-state index in [4.69, 9.17) is 0 Å². The lowest BCUT2D eigenvalue weighted by Crippen LogP contribution is -2.46. The summed E-state index contributed by atoms with van der Waals surface area (Å²) in [4.78, 5) is 13.6. The van der Waals surface area contributed by atoms with Crippen molar-refractivity contribution >= 4 is 17.7 Å². The summed E-state index contributed by atoms with van der Waals surface area (Å²) in [5, 5.41) is 2.97. The molecule has 3 nitrogen and oxygen atoms in total. The maximum Gasteiger partial charge on any atom is 0.239 e. The third-order valence-electron chi connectivity index (χ3n) is 2.60. The number of likely N-dealkylation sites (N-methyl/N-ethyl adjacent to an activating group) is 2. The number of amides is 1. The summed E-state index contributed by atoms with van der Waals surface area (Å²) in [5.41, 5.74) is 0. The van der Waals surface area contributed by atoms with E-state index in [-0.39, 0.29) is 11.9 Å². The zero-order valence-electron chi connectivity index (χ0n) is 8.54. The average Bonchev–Trinajstić information content (AvgIpc) is 2.67. The summed E-state index contributed by atoms with van der Waals surface area (Å²) in [6, 6.07) is 0.392. The molecule has 13 heavy (non-hydrogen) atoms. The quantitative estimate of drug-likeness (QED) is 0.726. The van der Waals surface area contributed by atoms with E-state index in [0.29, 0.717) is 6.04 Å². The van der Waals surface area contributed by atoms with Gasteiger partial charge in [0.05, 0.1) is 6.04 Å². The predicted molar refractivity (Wildman–Crippen MR) is 57.0 cm³/mol. The van der Waals surface area contributed by atoms with E-state index in [1.165, 1.54) is 5.75 Å². The molecule has 2 atom stereocenters. The number of carbonyl (C=O) groups excluding carboxylic acids is 1. The molecule has 2 unspecified atom stereocenters. The number of rotatable bonds is 3. The van der Waals surface area contributed by atoms with Crippen LogP contribution in [0.2, 0.25) is 0 Å². The van der Waals surface area contributed by atoms with Crippen molar-refractivity contribution < 1.29 is 4.79 Å². The first-order chi connectivity index (χ1) is 6.16. The Morgan fingerprint density at radius 3 is 2.85 bits per heavy atom. The minimum atomic E-state index is -0.0596. The predicted octanol–water partition coefficient (Wildman–Crippen LogP) is 0.558. The molecular weight excluding hydrogens is 184 g/mol. The van der Waals surface area contributed by atoms with Gasteiger partial charge in [-0.05, 0) is 26.1 Å². The molecule has 0 radical (unpaired) electrons. The van der Waals surface area contributed by atoms with Crippen LogP contribution < -0.4 is 5.32 Å². The Balaban J connectivity index is 2.45. The molecule has 0 saturated carbocycles. The van der Waals surface area contributed by atoms with Gasteiger partial charge in [0, 0.05) is 18.8 Å². The Morgan fingerprint density at radius 2 is 2.38 bits per heavy atom. The van der Waals surface area contributed by atoms with Crippen LogP contribution in [0.15, 0.2) is 0 Å². The van der Waals surface area contributed by atoms with Crippen molar-refractivity contribution in [3.05, 3.63) is 0 Å². The van der Waals surface area contributed by atoms with Crippen LogP contribution in [0.4, 0.5) is 0 Å². The largest absolute Gasteiger partial charge is 0.341 e. The summed E-state index contributed by atoms with van der Waals surface area (Å²) < 4.78 is 0. The second-order valence-electron chi connectivity index (χ2n) is 3.48. The molecule has 76 valence electrons. The number of nitrogens with one attached hydrogen (secondary N) is 1. The van der Waals surface area contributed by atoms with Crippen LogP contribution in [0.3, 0.4) is 0 Å². The van der Waals surface area contributed by atoms with Gasteiger partial charge in [-0.25, -0.2) is 0 Å². The normalized spacial score (nSPS) is 24.4. The van der Waals surface area contributed by atoms with Gasteiger partial charge in [0.1, 0.15) is 0 Å². The number of hydrogen-bond donors (Lipinski definition) is 1. The van der Waals surface area contributed by atoms with Gasteiger partial charge in [0.15, 0.2) is 0 Å². The standard InChI is InChI=1S/C9H18N2OS/c1-7(10-2)9(12)11(3)8-4-5-13-6-8/h7-8,10H,4-6H2,1-3H3. The van der Waals surface area contributed by atoms with Gasteiger partial charge in [0.25, 0.3) is 0 Å². The van der Waals surface area contributed by atoms with Crippen molar-refractivity contribution in [2.45, 2.75) is 25.4 Å². The summed E-state index contributed by atoms with van der Waals surface area (Å²) in [5.74, 6) is 2.49. The monoisotopic (exact) mass is 202 g/mol. The molecule has 1 aliphatic rings. The van der Waals surface area contributed by atoms with Gasteiger partial charge in [-0.2, -0.15) is 11.8 Å². The van der Waals surface area contributed by atoms with Crippen LogP contribution in [0, 0.1) is 0 Å².